The van der Waals surface area contributed by atoms with E-state index in [-0.39, 0.29) is 17.8 Å². The molecule has 1 saturated heterocycles. The fourth-order valence-electron chi connectivity index (χ4n) is 4.83. The summed E-state index contributed by atoms with van der Waals surface area (Å²) in [6, 6.07) is 8.29. The van der Waals surface area contributed by atoms with Crippen LogP contribution in [0.4, 0.5) is 10.3 Å². The van der Waals surface area contributed by atoms with Crippen molar-refractivity contribution in [1.29, 1.82) is 0 Å². The van der Waals surface area contributed by atoms with Crippen LogP contribution in [0, 0.1) is 11.7 Å². The van der Waals surface area contributed by atoms with Crippen LogP contribution in [0.15, 0.2) is 36.5 Å². The highest BCUT2D eigenvalue weighted by Gasteiger charge is 2.55. The number of benzene rings is 1. The van der Waals surface area contributed by atoms with Gasteiger partial charge in [-0.25, -0.2) is 9.37 Å². The topological polar surface area (TPSA) is 76.3 Å². The van der Waals surface area contributed by atoms with Crippen LogP contribution in [-0.2, 0) is 12.0 Å². The molecule has 2 aromatic heterocycles. The lowest BCUT2D eigenvalue weighted by Crippen LogP contribution is -2.44. The number of aliphatic hydroxyl groups is 1. The second-order valence-electron chi connectivity index (χ2n) is 7.86. The Morgan fingerprint density at radius 1 is 1.30 bits per heavy atom. The van der Waals surface area contributed by atoms with Crippen LogP contribution in [0.3, 0.4) is 0 Å². The first-order valence-corrected chi connectivity index (χ1v) is 10.2. The zero-order valence-corrected chi connectivity index (χ0v) is 17.2. The van der Waals surface area contributed by atoms with Crippen molar-refractivity contribution in [2.45, 2.75) is 24.9 Å². The normalized spacial score (nSPS) is 22.7. The fraction of sp³-hybridized carbons (Fsp3) is 0.381. The van der Waals surface area contributed by atoms with Crippen LogP contribution in [0.1, 0.15) is 24.2 Å². The van der Waals surface area contributed by atoms with Crippen molar-refractivity contribution in [3.05, 3.63) is 58.8 Å². The largest absolute Gasteiger partial charge is 0.481 e. The number of rotatable bonds is 5. The molecule has 2 fully saturated rings. The summed E-state index contributed by atoms with van der Waals surface area (Å²) >= 11 is 6.43. The van der Waals surface area contributed by atoms with E-state index in [9.17, 15) is 9.50 Å². The quantitative estimate of drug-likeness (QED) is 0.671. The molecule has 156 valence electrons. The summed E-state index contributed by atoms with van der Waals surface area (Å²) in [6.07, 6.45) is 3.74. The number of pyridine rings is 1. The van der Waals surface area contributed by atoms with E-state index in [1.54, 1.807) is 19.4 Å². The molecule has 7 nitrogen and oxygen atoms in total. The van der Waals surface area contributed by atoms with Gasteiger partial charge in [-0.3, -0.25) is 4.57 Å². The van der Waals surface area contributed by atoms with Crippen LogP contribution >= 0.6 is 11.6 Å². The van der Waals surface area contributed by atoms with Gasteiger partial charge in [-0.05, 0) is 42.5 Å². The zero-order chi connectivity index (χ0) is 20.9. The molecule has 5 rings (SSSR count). The number of ether oxygens (including phenoxy) is 1. The highest BCUT2D eigenvalue weighted by atomic mass is 35.5. The third kappa shape index (κ3) is 2.86. The SMILES string of the molecule is COc1ccc(-n2c(CO)nnc2N2C[C@@H]3CC[C@]3(c3ccc(F)cc3Cl)C2)cn1. The van der Waals surface area contributed by atoms with Crippen molar-refractivity contribution in [2.24, 2.45) is 5.92 Å². The number of hydrogen-bond donors (Lipinski definition) is 1. The molecule has 3 aromatic rings. The van der Waals surface area contributed by atoms with Crippen LogP contribution in [0.25, 0.3) is 5.69 Å². The first-order chi connectivity index (χ1) is 14.6. The molecule has 2 aliphatic rings. The van der Waals surface area contributed by atoms with Crippen molar-refractivity contribution in [1.82, 2.24) is 19.7 Å². The minimum Gasteiger partial charge on any atom is -0.481 e. The summed E-state index contributed by atoms with van der Waals surface area (Å²) in [6.45, 7) is 1.25. The molecule has 0 bridgehead atoms. The third-order valence-electron chi connectivity index (χ3n) is 6.43. The molecule has 3 heterocycles. The molecule has 1 saturated carbocycles. The molecule has 1 aromatic carbocycles. The molecule has 9 heteroatoms. The van der Waals surface area contributed by atoms with E-state index in [4.69, 9.17) is 16.3 Å². The Kier molecular flexibility index (Phi) is 4.63. The number of aromatic nitrogens is 4. The van der Waals surface area contributed by atoms with E-state index in [1.165, 1.54) is 12.1 Å². The molecule has 0 unspecified atom stereocenters. The number of methoxy groups -OCH3 is 1. The van der Waals surface area contributed by atoms with Gasteiger partial charge in [0, 0.05) is 29.6 Å². The molecule has 0 radical (unpaired) electrons. The lowest BCUT2D eigenvalue weighted by Gasteiger charge is -2.44. The molecule has 0 spiro atoms. The smallest absolute Gasteiger partial charge is 0.232 e. The first-order valence-electron chi connectivity index (χ1n) is 9.82. The maximum atomic E-state index is 13.6. The summed E-state index contributed by atoms with van der Waals surface area (Å²) in [5, 5.41) is 18.8. The highest BCUT2D eigenvalue weighted by molar-refractivity contribution is 6.31. The summed E-state index contributed by atoms with van der Waals surface area (Å²) in [4.78, 5) is 6.44. The summed E-state index contributed by atoms with van der Waals surface area (Å²) in [7, 11) is 1.56. The molecular formula is C21H21ClFN5O2. The molecule has 1 N–H and O–H groups in total. The Morgan fingerprint density at radius 2 is 2.17 bits per heavy atom. The van der Waals surface area contributed by atoms with Crippen molar-refractivity contribution in [3.8, 4) is 11.6 Å². The number of aliphatic hydroxyl groups excluding tert-OH is 1. The average Bonchev–Trinajstić information content (AvgIpc) is 3.28. The first kappa shape index (κ1) is 19.3. The average molecular weight is 430 g/mol. The van der Waals surface area contributed by atoms with Crippen molar-refractivity contribution in [2.75, 3.05) is 25.1 Å². The highest BCUT2D eigenvalue weighted by Crippen LogP contribution is 2.55. The fourth-order valence-corrected chi connectivity index (χ4v) is 5.19. The van der Waals surface area contributed by atoms with Gasteiger partial charge < -0.3 is 14.7 Å². The van der Waals surface area contributed by atoms with Crippen molar-refractivity contribution in [3.63, 3.8) is 0 Å². The summed E-state index contributed by atoms with van der Waals surface area (Å²) < 4.78 is 20.6. The van der Waals surface area contributed by atoms with Gasteiger partial charge >= 0.3 is 0 Å². The lowest BCUT2D eigenvalue weighted by atomic mass is 9.58. The molecular weight excluding hydrogens is 409 g/mol. The number of anilines is 1. The lowest BCUT2D eigenvalue weighted by molar-refractivity contribution is 0.182. The number of halogens is 2. The molecule has 2 atom stereocenters. The Hall–Kier alpha value is -2.71. The van der Waals surface area contributed by atoms with E-state index < -0.39 is 0 Å². The van der Waals surface area contributed by atoms with Crippen molar-refractivity contribution < 1.29 is 14.2 Å². The van der Waals surface area contributed by atoms with E-state index >= 15 is 0 Å². The molecule has 1 aliphatic carbocycles. The maximum absolute atomic E-state index is 13.6. The van der Waals surface area contributed by atoms with E-state index in [1.807, 2.05) is 16.7 Å². The molecule has 1 aliphatic heterocycles. The number of hydrogen-bond acceptors (Lipinski definition) is 6. The van der Waals surface area contributed by atoms with Crippen LogP contribution < -0.4 is 9.64 Å². The number of nitrogens with zero attached hydrogens (tertiary/aromatic N) is 5. The van der Waals surface area contributed by atoms with Crippen LogP contribution in [0.2, 0.25) is 5.02 Å². The Bertz CT molecular complexity index is 1090. The predicted molar refractivity (Wildman–Crippen MR) is 110 cm³/mol. The van der Waals surface area contributed by atoms with Gasteiger partial charge in [-0.15, -0.1) is 10.2 Å². The van der Waals surface area contributed by atoms with Crippen LogP contribution in [-0.4, -0.2) is 45.1 Å². The monoisotopic (exact) mass is 429 g/mol. The van der Waals surface area contributed by atoms with Gasteiger partial charge in [0.1, 0.15) is 12.4 Å². The second kappa shape index (κ2) is 7.21. The Labute approximate surface area is 178 Å². The van der Waals surface area contributed by atoms with Crippen LogP contribution in [0.5, 0.6) is 5.88 Å². The Balaban J connectivity index is 1.52. The maximum Gasteiger partial charge on any atom is 0.232 e. The Morgan fingerprint density at radius 3 is 2.80 bits per heavy atom. The van der Waals surface area contributed by atoms with E-state index in [0.29, 0.717) is 35.1 Å². The van der Waals surface area contributed by atoms with E-state index in [2.05, 4.69) is 20.1 Å². The molecule has 30 heavy (non-hydrogen) atoms. The van der Waals surface area contributed by atoms with Gasteiger partial charge in [0.05, 0.1) is 19.0 Å². The minimum absolute atomic E-state index is 0.126. The summed E-state index contributed by atoms with van der Waals surface area (Å²) in [5.74, 6) is 1.66. The number of fused-ring (bicyclic) bond motifs is 1. The van der Waals surface area contributed by atoms with Gasteiger partial charge in [0.25, 0.3) is 0 Å². The second-order valence-corrected chi connectivity index (χ2v) is 8.27. The van der Waals surface area contributed by atoms with Crippen molar-refractivity contribution >= 4 is 17.5 Å². The zero-order valence-electron chi connectivity index (χ0n) is 16.4. The van der Waals surface area contributed by atoms with Gasteiger partial charge in [0.2, 0.25) is 11.8 Å². The van der Waals surface area contributed by atoms with Gasteiger partial charge in [-0.2, -0.15) is 0 Å². The standard InChI is InChI=1S/C21H21ClFN5O2/c1-30-19-5-3-15(9-24-19)28-18(11-29)25-26-20(28)27-10-13-6-7-21(13,12-27)16-4-2-14(23)8-17(16)22/h2-5,8-9,13,29H,6-7,10-12H2,1H3/t13-,21-/m0/s1. The summed E-state index contributed by atoms with van der Waals surface area (Å²) in [5.41, 5.74) is 1.61. The third-order valence-corrected chi connectivity index (χ3v) is 6.74. The minimum atomic E-state index is -0.329. The predicted octanol–water partition coefficient (Wildman–Crippen LogP) is 3.12. The van der Waals surface area contributed by atoms with Gasteiger partial charge in [0.15, 0.2) is 5.82 Å². The van der Waals surface area contributed by atoms with Gasteiger partial charge in [-0.1, -0.05) is 17.7 Å². The molecule has 0 amide bonds. The van der Waals surface area contributed by atoms with E-state index in [0.717, 1.165) is 30.6 Å².